The summed E-state index contributed by atoms with van der Waals surface area (Å²) < 4.78 is 53.4. The van der Waals surface area contributed by atoms with Crippen LogP contribution in [0.25, 0.3) is 0 Å². The predicted octanol–water partition coefficient (Wildman–Crippen LogP) is 2.75. The molecule has 0 saturated heterocycles. The minimum atomic E-state index is -4.25. The number of hydrogen-bond donors (Lipinski definition) is 1. The summed E-state index contributed by atoms with van der Waals surface area (Å²) in [6, 6.07) is 4.24. The van der Waals surface area contributed by atoms with Gasteiger partial charge in [-0.15, -0.1) is 0 Å². The lowest BCUT2D eigenvalue weighted by Gasteiger charge is -2.08. The zero-order valence-electron chi connectivity index (χ0n) is 9.06. The smallest absolute Gasteiger partial charge is 0.376 e. The molecular weight excluding hydrogens is 238 g/mol. The lowest BCUT2D eigenvalue weighted by molar-refractivity contribution is -0.146. The van der Waals surface area contributed by atoms with Gasteiger partial charge in [-0.2, -0.15) is 13.2 Å². The van der Waals surface area contributed by atoms with E-state index in [4.69, 9.17) is 10.5 Å². The summed E-state index contributed by atoms with van der Waals surface area (Å²) in [7, 11) is 0. The van der Waals surface area contributed by atoms with Crippen LogP contribution in [0.1, 0.15) is 17.5 Å². The molecular formula is C11H13F4NO. The van der Waals surface area contributed by atoms with Gasteiger partial charge < -0.3 is 10.5 Å². The van der Waals surface area contributed by atoms with Gasteiger partial charge in [-0.25, -0.2) is 4.39 Å². The van der Waals surface area contributed by atoms with Crippen LogP contribution in [0.2, 0.25) is 0 Å². The molecule has 0 spiro atoms. The molecule has 0 fully saturated rings. The summed E-state index contributed by atoms with van der Waals surface area (Å²) in [6.07, 6.45) is -5.29. The highest BCUT2D eigenvalue weighted by Gasteiger charge is 2.26. The lowest BCUT2D eigenvalue weighted by atomic mass is 10.1. The number of benzene rings is 1. The number of hydrogen-bond acceptors (Lipinski definition) is 2. The molecule has 0 aliphatic rings. The molecule has 0 amide bonds. The third-order valence-electron chi connectivity index (χ3n) is 2.13. The summed E-state index contributed by atoms with van der Waals surface area (Å²) in [5, 5.41) is 0. The average Bonchev–Trinajstić information content (AvgIpc) is 2.25. The Hall–Kier alpha value is -1.14. The number of alkyl halides is 3. The first-order valence-electron chi connectivity index (χ1n) is 5.04. The highest BCUT2D eigenvalue weighted by atomic mass is 19.4. The van der Waals surface area contributed by atoms with E-state index in [0.717, 1.165) is 0 Å². The highest BCUT2D eigenvalue weighted by molar-refractivity contribution is 5.24. The van der Waals surface area contributed by atoms with Gasteiger partial charge in [0.25, 0.3) is 0 Å². The maximum atomic E-state index is 13.2. The molecule has 0 radical (unpaired) electrons. The number of nitrogens with two attached hydrogens (primary N) is 1. The molecule has 17 heavy (non-hydrogen) atoms. The second-order valence-corrected chi connectivity index (χ2v) is 3.55. The molecule has 0 aliphatic heterocycles. The zero-order valence-corrected chi connectivity index (χ0v) is 9.06. The van der Waals surface area contributed by atoms with Gasteiger partial charge in [0.2, 0.25) is 0 Å². The summed E-state index contributed by atoms with van der Waals surface area (Å²) in [5.41, 5.74) is 6.30. The van der Waals surface area contributed by atoms with Gasteiger partial charge >= 0.3 is 6.18 Å². The molecule has 0 heterocycles. The van der Waals surface area contributed by atoms with Crippen molar-refractivity contribution in [2.75, 3.05) is 6.61 Å². The van der Waals surface area contributed by atoms with E-state index in [1.807, 2.05) is 0 Å². The number of rotatable bonds is 5. The third-order valence-corrected chi connectivity index (χ3v) is 2.13. The minimum Gasteiger partial charge on any atom is -0.376 e. The second kappa shape index (κ2) is 5.97. The Morgan fingerprint density at radius 2 is 1.94 bits per heavy atom. The van der Waals surface area contributed by atoms with Crippen molar-refractivity contribution in [3.05, 3.63) is 35.1 Å². The lowest BCUT2D eigenvalue weighted by Crippen LogP contribution is -2.11. The van der Waals surface area contributed by atoms with E-state index in [1.54, 1.807) is 0 Å². The molecule has 96 valence electrons. The zero-order chi connectivity index (χ0) is 12.9. The normalized spacial score (nSPS) is 11.8. The minimum absolute atomic E-state index is 0.185. The van der Waals surface area contributed by atoms with Gasteiger partial charge in [-0.05, 0) is 17.7 Å². The standard InChI is InChI=1S/C11H13F4NO/c12-10-2-1-8(6-16)5-9(10)7-17-4-3-11(13,14)15/h1-2,5H,3-4,6-7,16H2. The van der Waals surface area contributed by atoms with Gasteiger partial charge in [0, 0.05) is 12.1 Å². The molecule has 0 bridgehead atoms. The maximum Gasteiger partial charge on any atom is 0.391 e. The Balaban J connectivity index is 2.46. The van der Waals surface area contributed by atoms with Gasteiger partial charge in [0.15, 0.2) is 0 Å². The third kappa shape index (κ3) is 5.14. The van der Waals surface area contributed by atoms with Crippen LogP contribution in [-0.2, 0) is 17.9 Å². The van der Waals surface area contributed by atoms with Crippen molar-refractivity contribution in [3.63, 3.8) is 0 Å². The molecule has 6 heteroatoms. The van der Waals surface area contributed by atoms with Crippen molar-refractivity contribution in [1.82, 2.24) is 0 Å². The van der Waals surface area contributed by atoms with Crippen LogP contribution in [0.15, 0.2) is 18.2 Å². The van der Waals surface area contributed by atoms with Crippen LogP contribution in [0, 0.1) is 5.82 Å². The first kappa shape index (κ1) is 13.9. The van der Waals surface area contributed by atoms with E-state index in [2.05, 4.69) is 0 Å². The molecule has 2 N–H and O–H groups in total. The molecule has 0 saturated carbocycles. The molecule has 0 unspecified atom stereocenters. The van der Waals surface area contributed by atoms with Gasteiger partial charge in [0.1, 0.15) is 5.82 Å². The van der Waals surface area contributed by atoms with Crippen molar-refractivity contribution >= 4 is 0 Å². The van der Waals surface area contributed by atoms with Crippen LogP contribution >= 0.6 is 0 Å². The van der Waals surface area contributed by atoms with E-state index in [9.17, 15) is 17.6 Å². The van der Waals surface area contributed by atoms with Crippen molar-refractivity contribution in [2.45, 2.75) is 25.7 Å². The van der Waals surface area contributed by atoms with Crippen LogP contribution in [-0.4, -0.2) is 12.8 Å². The van der Waals surface area contributed by atoms with E-state index in [0.29, 0.717) is 5.56 Å². The van der Waals surface area contributed by atoms with E-state index in [1.165, 1.54) is 18.2 Å². The topological polar surface area (TPSA) is 35.2 Å². The Kier molecular flexibility index (Phi) is 4.89. The predicted molar refractivity (Wildman–Crippen MR) is 54.6 cm³/mol. The van der Waals surface area contributed by atoms with Crippen molar-refractivity contribution < 1.29 is 22.3 Å². The van der Waals surface area contributed by atoms with Crippen LogP contribution in [0.4, 0.5) is 17.6 Å². The van der Waals surface area contributed by atoms with Gasteiger partial charge in [-0.3, -0.25) is 0 Å². The SMILES string of the molecule is NCc1ccc(F)c(COCCC(F)(F)F)c1. The van der Waals surface area contributed by atoms with Crippen molar-refractivity contribution in [2.24, 2.45) is 5.73 Å². The fraction of sp³-hybridized carbons (Fsp3) is 0.455. The summed E-state index contributed by atoms with van der Waals surface area (Å²) in [4.78, 5) is 0. The van der Waals surface area contributed by atoms with Gasteiger partial charge in [0.05, 0.1) is 19.6 Å². The maximum absolute atomic E-state index is 13.2. The molecule has 0 atom stereocenters. The van der Waals surface area contributed by atoms with Crippen molar-refractivity contribution in [1.29, 1.82) is 0 Å². The monoisotopic (exact) mass is 251 g/mol. The quantitative estimate of drug-likeness (QED) is 0.645. The second-order valence-electron chi connectivity index (χ2n) is 3.55. The van der Waals surface area contributed by atoms with Crippen molar-refractivity contribution in [3.8, 4) is 0 Å². The Labute approximate surface area is 96.4 Å². The Bertz CT molecular complexity index is 365. The first-order chi connectivity index (χ1) is 7.92. The molecule has 1 aromatic rings. The first-order valence-corrected chi connectivity index (χ1v) is 5.04. The average molecular weight is 251 g/mol. The van der Waals surface area contributed by atoms with E-state index in [-0.39, 0.29) is 18.7 Å². The molecule has 2 nitrogen and oxygen atoms in total. The molecule has 0 aliphatic carbocycles. The number of halogens is 4. The van der Waals surface area contributed by atoms with Crippen LogP contribution < -0.4 is 5.73 Å². The summed E-state index contributed by atoms with van der Waals surface area (Å²) in [6.45, 7) is -0.415. The summed E-state index contributed by atoms with van der Waals surface area (Å²) >= 11 is 0. The largest absolute Gasteiger partial charge is 0.391 e. The molecule has 1 aromatic carbocycles. The Morgan fingerprint density at radius 3 is 2.53 bits per heavy atom. The number of ether oxygens (including phenoxy) is 1. The van der Waals surface area contributed by atoms with Gasteiger partial charge in [-0.1, -0.05) is 6.07 Å². The molecule has 1 rings (SSSR count). The highest BCUT2D eigenvalue weighted by Crippen LogP contribution is 2.19. The fourth-order valence-corrected chi connectivity index (χ4v) is 1.24. The fourth-order valence-electron chi connectivity index (χ4n) is 1.24. The Morgan fingerprint density at radius 1 is 1.24 bits per heavy atom. The molecule has 0 aromatic heterocycles. The van der Waals surface area contributed by atoms with E-state index >= 15 is 0 Å². The van der Waals surface area contributed by atoms with Crippen LogP contribution in [0.3, 0.4) is 0 Å². The van der Waals surface area contributed by atoms with E-state index < -0.39 is 25.0 Å². The summed E-state index contributed by atoms with van der Waals surface area (Å²) in [5.74, 6) is -0.505. The van der Waals surface area contributed by atoms with Crippen LogP contribution in [0.5, 0.6) is 0 Å².